The maximum atomic E-state index is 12.8. The first kappa shape index (κ1) is 15.7. The van der Waals surface area contributed by atoms with Gasteiger partial charge in [0.1, 0.15) is 5.82 Å². The second-order valence-electron chi connectivity index (χ2n) is 4.52. The summed E-state index contributed by atoms with van der Waals surface area (Å²) in [7, 11) is -3.76. The van der Waals surface area contributed by atoms with Crippen molar-refractivity contribution in [1.82, 2.24) is 0 Å². The van der Waals surface area contributed by atoms with Crippen molar-refractivity contribution in [3.8, 4) is 11.8 Å². The minimum Gasteiger partial charge on any atom is -0.478 e. The number of carbonyl (C=O) groups is 1. The molecule has 2 aromatic carbocycles. The van der Waals surface area contributed by atoms with Crippen LogP contribution in [0, 0.1) is 17.7 Å². The van der Waals surface area contributed by atoms with E-state index in [1.54, 1.807) is 0 Å². The summed E-state index contributed by atoms with van der Waals surface area (Å²) in [5, 5.41) is 9.11. The van der Waals surface area contributed by atoms with E-state index in [2.05, 4.69) is 11.8 Å². The van der Waals surface area contributed by atoms with Crippen molar-refractivity contribution < 1.29 is 22.7 Å². The van der Waals surface area contributed by atoms with Crippen LogP contribution in [0.15, 0.2) is 47.4 Å². The molecule has 0 unspecified atom stereocenters. The number of carboxylic acids is 1. The molecule has 1 N–H and O–H groups in total. The van der Waals surface area contributed by atoms with Crippen molar-refractivity contribution in [2.75, 3.05) is 6.26 Å². The molecule has 0 heterocycles. The molecule has 0 aliphatic carbocycles. The molecule has 0 atom stereocenters. The van der Waals surface area contributed by atoms with E-state index in [-0.39, 0.29) is 16.0 Å². The zero-order valence-corrected chi connectivity index (χ0v) is 12.3. The molecule has 2 rings (SSSR count). The van der Waals surface area contributed by atoms with Gasteiger partial charge in [-0.15, -0.1) is 0 Å². The highest BCUT2D eigenvalue weighted by Crippen LogP contribution is 2.20. The first-order valence-electron chi connectivity index (χ1n) is 6.13. The van der Waals surface area contributed by atoms with Gasteiger partial charge in [0.25, 0.3) is 0 Å². The second kappa shape index (κ2) is 6.00. The maximum absolute atomic E-state index is 12.8. The molecule has 0 aliphatic heterocycles. The number of aromatic carboxylic acids is 1. The van der Waals surface area contributed by atoms with Gasteiger partial charge in [-0.25, -0.2) is 17.6 Å². The highest BCUT2D eigenvalue weighted by Gasteiger charge is 2.21. The van der Waals surface area contributed by atoms with E-state index in [4.69, 9.17) is 5.11 Å². The standard InChI is InChI=1S/C16H11FO4S/c1-22(20,21)15-12(3-2-4-14(15)16(18)19)8-5-11-6-9-13(17)10-7-11/h2-4,6-7,9-10H,1H3,(H,18,19). The molecular weight excluding hydrogens is 307 g/mol. The lowest BCUT2D eigenvalue weighted by Crippen LogP contribution is -2.09. The fourth-order valence-corrected chi connectivity index (χ4v) is 2.95. The van der Waals surface area contributed by atoms with Crippen molar-refractivity contribution in [2.24, 2.45) is 0 Å². The third-order valence-electron chi connectivity index (χ3n) is 2.80. The monoisotopic (exact) mass is 318 g/mol. The van der Waals surface area contributed by atoms with Crippen LogP contribution in [-0.2, 0) is 9.84 Å². The molecule has 0 fully saturated rings. The summed E-state index contributed by atoms with van der Waals surface area (Å²) in [6.07, 6.45) is 0.928. The molecule has 6 heteroatoms. The highest BCUT2D eigenvalue weighted by molar-refractivity contribution is 7.90. The number of carboxylic acid groups (broad SMARTS) is 1. The van der Waals surface area contributed by atoms with Gasteiger partial charge >= 0.3 is 5.97 Å². The Hall–Kier alpha value is -2.65. The van der Waals surface area contributed by atoms with Crippen LogP contribution in [0.5, 0.6) is 0 Å². The van der Waals surface area contributed by atoms with Crippen LogP contribution in [-0.4, -0.2) is 25.7 Å². The van der Waals surface area contributed by atoms with Crippen molar-refractivity contribution in [3.63, 3.8) is 0 Å². The maximum Gasteiger partial charge on any atom is 0.337 e. The molecule has 0 bridgehead atoms. The minimum absolute atomic E-state index is 0.0896. The van der Waals surface area contributed by atoms with Crippen molar-refractivity contribution >= 4 is 15.8 Å². The molecule has 0 saturated heterocycles. The van der Waals surface area contributed by atoms with Crippen LogP contribution in [0.3, 0.4) is 0 Å². The Labute approximate surface area is 127 Å². The Balaban J connectivity index is 2.60. The molecule has 0 aliphatic rings. The Bertz CT molecular complexity index is 888. The summed E-state index contributed by atoms with van der Waals surface area (Å²) < 4.78 is 36.5. The van der Waals surface area contributed by atoms with E-state index >= 15 is 0 Å². The van der Waals surface area contributed by atoms with E-state index < -0.39 is 21.6 Å². The number of rotatable bonds is 2. The quantitative estimate of drug-likeness (QED) is 0.863. The van der Waals surface area contributed by atoms with Gasteiger partial charge in [0.2, 0.25) is 0 Å². The van der Waals surface area contributed by atoms with E-state index in [9.17, 15) is 17.6 Å². The summed E-state index contributed by atoms with van der Waals surface area (Å²) in [6, 6.07) is 9.42. The van der Waals surface area contributed by atoms with Gasteiger partial charge in [-0.3, -0.25) is 0 Å². The van der Waals surface area contributed by atoms with Crippen molar-refractivity contribution in [1.29, 1.82) is 0 Å². The molecule has 0 saturated carbocycles. The van der Waals surface area contributed by atoms with Crippen LogP contribution >= 0.6 is 0 Å². The first-order chi connectivity index (χ1) is 10.3. The summed E-state index contributed by atoms with van der Waals surface area (Å²) in [6.45, 7) is 0. The predicted molar refractivity (Wildman–Crippen MR) is 78.9 cm³/mol. The summed E-state index contributed by atoms with van der Waals surface area (Å²) in [5.74, 6) is 3.58. The number of benzene rings is 2. The second-order valence-corrected chi connectivity index (χ2v) is 6.47. The van der Waals surface area contributed by atoms with Crippen LogP contribution in [0.4, 0.5) is 4.39 Å². The normalized spacial score (nSPS) is 10.6. The fourth-order valence-electron chi connectivity index (χ4n) is 1.88. The average Bonchev–Trinajstić information content (AvgIpc) is 2.45. The summed E-state index contributed by atoms with van der Waals surface area (Å²) in [5.41, 5.74) is 0.252. The van der Waals surface area contributed by atoms with Gasteiger partial charge in [-0.05, 0) is 36.4 Å². The zero-order chi connectivity index (χ0) is 16.3. The number of halogens is 1. The third-order valence-corrected chi connectivity index (χ3v) is 3.98. The zero-order valence-electron chi connectivity index (χ0n) is 11.5. The van der Waals surface area contributed by atoms with Gasteiger partial charge in [-0.1, -0.05) is 17.9 Å². The van der Waals surface area contributed by atoms with Gasteiger partial charge < -0.3 is 5.11 Å². The van der Waals surface area contributed by atoms with E-state index in [0.717, 1.165) is 6.26 Å². The lowest BCUT2D eigenvalue weighted by atomic mass is 10.1. The molecular formula is C16H11FO4S. The molecule has 4 nitrogen and oxygen atoms in total. The predicted octanol–water partition coefficient (Wildman–Crippen LogP) is 2.33. The molecule has 22 heavy (non-hydrogen) atoms. The number of hydrogen-bond donors (Lipinski definition) is 1. The smallest absolute Gasteiger partial charge is 0.337 e. The largest absolute Gasteiger partial charge is 0.478 e. The Morgan fingerprint density at radius 1 is 1.09 bits per heavy atom. The number of hydrogen-bond acceptors (Lipinski definition) is 3. The fraction of sp³-hybridized carbons (Fsp3) is 0.0625. The van der Waals surface area contributed by atoms with Crippen LogP contribution in [0.2, 0.25) is 0 Å². The summed E-state index contributed by atoms with van der Waals surface area (Å²) in [4.78, 5) is 10.9. The molecule has 0 radical (unpaired) electrons. The Morgan fingerprint density at radius 3 is 2.27 bits per heavy atom. The topological polar surface area (TPSA) is 71.4 Å². The van der Waals surface area contributed by atoms with Crippen LogP contribution in [0.25, 0.3) is 0 Å². The van der Waals surface area contributed by atoms with Gasteiger partial charge in [0, 0.05) is 17.4 Å². The van der Waals surface area contributed by atoms with Crippen molar-refractivity contribution in [3.05, 3.63) is 65.0 Å². The lowest BCUT2D eigenvalue weighted by Gasteiger charge is -2.06. The van der Waals surface area contributed by atoms with Gasteiger partial charge in [-0.2, -0.15) is 0 Å². The Morgan fingerprint density at radius 2 is 1.73 bits per heavy atom. The van der Waals surface area contributed by atoms with E-state index in [0.29, 0.717) is 5.56 Å². The molecule has 0 aromatic heterocycles. The highest BCUT2D eigenvalue weighted by atomic mass is 32.2. The summed E-state index contributed by atoms with van der Waals surface area (Å²) >= 11 is 0. The Kier molecular flexibility index (Phi) is 4.29. The van der Waals surface area contributed by atoms with Crippen LogP contribution in [0.1, 0.15) is 21.5 Å². The van der Waals surface area contributed by atoms with Gasteiger partial charge in [0.15, 0.2) is 9.84 Å². The third kappa shape index (κ3) is 3.51. The van der Waals surface area contributed by atoms with E-state index in [1.165, 1.54) is 42.5 Å². The van der Waals surface area contributed by atoms with Crippen molar-refractivity contribution in [2.45, 2.75) is 4.90 Å². The van der Waals surface area contributed by atoms with Gasteiger partial charge in [0.05, 0.1) is 10.5 Å². The first-order valence-corrected chi connectivity index (χ1v) is 8.02. The molecule has 2 aromatic rings. The minimum atomic E-state index is -3.76. The lowest BCUT2D eigenvalue weighted by molar-refractivity contribution is 0.0692. The average molecular weight is 318 g/mol. The molecule has 112 valence electrons. The number of sulfone groups is 1. The molecule has 0 amide bonds. The SMILES string of the molecule is CS(=O)(=O)c1c(C#Cc2ccc(F)cc2)cccc1C(=O)O. The molecule has 0 spiro atoms. The van der Waals surface area contributed by atoms with Crippen LogP contribution < -0.4 is 0 Å². The van der Waals surface area contributed by atoms with E-state index in [1.807, 2.05) is 0 Å².